The Morgan fingerprint density at radius 1 is 1.20 bits per heavy atom. The van der Waals surface area contributed by atoms with E-state index < -0.39 is 6.10 Å². The van der Waals surface area contributed by atoms with Crippen molar-refractivity contribution in [1.29, 1.82) is 0 Å². The maximum atomic E-state index is 11.5. The van der Waals surface area contributed by atoms with Crippen molar-refractivity contribution < 1.29 is 19.0 Å². The number of carbonyl (C=O) groups excluding carboxylic acids is 1. The van der Waals surface area contributed by atoms with Gasteiger partial charge < -0.3 is 14.2 Å². The molecule has 1 saturated carbocycles. The Kier molecular flexibility index (Phi) is 5.56. The maximum Gasteiger partial charge on any atom is 0.169 e. The highest BCUT2D eigenvalue weighted by atomic mass is 16.6. The van der Waals surface area contributed by atoms with Crippen LogP contribution in [0.2, 0.25) is 0 Å². The smallest absolute Gasteiger partial charge is 0.169 e. The van der Waals surface area contributed by atoms with E-state index in [9.17, 15) is 4.79 Å². The van der Waals surface area contributed by atoms with Crippen LogP contribution in [0.5, 0.6) is 5.75 Å². The van der Waals surface area contributed by atoms with Crippen LogP contribution >= 0.6 is 0 Å². The fourth-order valence-electron chi connectivity index (χ4n) is 2.23. The zero-order valence-electron chi connectivity index (χ0n) is 12.1. The first-order valence-corrected chi connectivity index (χ1v) is 7.13. The van der Waals surface area contributed by atoms with Gasteiger partial charge in [0.15, 0.2) is 11.9 Å². The summed E-state index contributed by atoms with van der Waals surface area (Å²) in [6.07, 6.45) is 2.02. The van der Waals surface area contributed by atoms with E-state index >= 15 is 0 Å². The number of hydrogen-bond donors (Lipinski definition) is 0. The molecule has 0 saturated heterocycles. The van der Waals surface area contributed by atoms with Crippen molar-refractivity contribution in [2.45, 2.75) is 38.4 Å². The summed E-state index contributed by atoms with van der Waals surface area (Å²) in [4.78, 5) is 11.5. The summed E-state index contributed by atoms with van der Waals surface area (Å²) in [7, 11) is 1.61. The van der Waals surface area contributed by atoms with E-state index in [1.807, 2.05) is 12.1 Å². The Morgan fingerprint density at radius 3 is 2.55 bits per heavy atom. The minimum Gasteiger partial charge on any atom is -0.487 e. The van der Waals surface area contributed by atoms with E-state index in [1.165, 1.54) is 5.56 Å². The van der Waals surface area contributed by atoms with Crippen LogP contribution in [-0.2, 0) is 20.7 Å². The molecule has 110 valence electrons. The number of Topliss-reactive ketones (excluding diaryl/α,β-unsaturated/α-hetero) is 1. The van der Waals surface area contributed by atoms with Gasteiger partial charge in [-0.05, 0) is 24.1 Å². The third kappa shape index (κ3) is 3.81. The molecule has 4 nitrogen and oxygen atoms in total. The van der Waals surface area contributed by atoms with E-state index in [2.05, 4.69) is 19.1 Å². The van der Waals surface area contributed by atoms with Crippen LogP contribution in [-0.4, -0.2) is 38.3 Å². The van der Waals surface area contributed by atoms with Gasteiger partial charge in [0.25, 0.3) is 0 Å². The first kappa shape index (κ1) is 15.0. The normalized spacial score (nSPS) is 21.6. The third-order valence-corrected chi connectivity index (χ3v) is 3.39. The number of rotatable bonds is 8. The number of aryl methyl sites for hydroxylation is 1. The van der Waals surface area contributed by atoms with Crippen molar-refractivity contribution in [3.05, 3.63) is 29.8 Å². The van der Waals surface area contributed by atoms with Crippen LogP contribution in [0.15, 0.2) is 24.3 Å². The van der Waals surface area contributed by atoms with Crippen LogP contribution in [0, 0.1) is 0 Å². The number of methoxy groups -OCH3 is 1. The predicted octanol–water partition coefficient (Wildman–Crippen LogP) is 2.39. The molecule has 0 N–H and O–H groups in total. The van der Waals surface area contributed by atoms with E-state index in [4.69, 9.17) is 14.2 Å². The molecule has 2 atom stereocenters. The highest BCUT2D eigenvalue weighted by molar-refractivity contribution is 5.90. The van der Waals surface area contributed by atoms with Crippen molar-refractivity contribution in [2.75, 3.05) is 20.3 Å². The minimum atomic E-state index is -0.444. The Bertz CT molecular complexity index is 427. The molecule has 1 fully saturated rings. The van der Waals surface area contributed by atoms with Crippen LogP contribution in [0.25, 0.3) is 0 Å². The Morgan fingerprint density at radius 2 is 1.95 bits per heavy atom. The van der Waals surface area contributed by atoms with Gasteiger partial charge in [0.05, 0.1) is 13.2 Å². The standard InChI is InChI=1S/C16H22O4/c1-3-4-12-5-7-13(8-6-12)20-15-11-14(17)16(15)19-10-9-18-2/h5-8,15-16H,3-4,9-11H2,1-2H3. The van der Waals surface area contributed by atoms with Crippen molar-refractivity contribution in [3.63, 3.8) is 0 Å². The lowest BCUT2D eigenvalue weighted by Crippen LogP contribution is -2.52. The molecule has 2 unspecified atom stereocenters. The van der Waals surface area contributed by atoms with Crippen LogP contribution in [0.4, 0.5) is 0 Å². The van der Waals surface area contributed by atoms with Crippen LogP contribution < -0.4 is 4.74 Å². The lowest BCUT2D eigenvalue weighted by molar-refractivity contribution is -0.156. The number of carbonyl (C=O) groups is 1. The molecule has 1 aliphatic rings. The predicted molar refractivity (Wildman–Crippen MR) is 76.1 cm³/mol. The molecule has 0 aromatic heterocycles. The largest absolute Gasteiger partial charge is 0.487 e. The summed E-state index contributed by atoms with van der Waals surface area (Å²) >= 11 is 0. The van der Waals surface area contributed by atoms with Crippen molar-refractivity contribution in [2.24, 2.45) is 0 Å². The van der Waals surface area contributed by atoms with Gasteiger partial charge in [-0.15, -0.1) is 0 Å². The Labute approximate surface area is 120 Å². The Hall–Kier alpha value is -1.39. The molecule has 20 heavy (non-hydrogen) atoms. The van der Waals surface area contributed by atoms with Gasteiger partial charge in [-0.1, -0.05) is 25.5 Å². The molecule has 0 radical (unpaired) electrons. The van der Waals surface area contributed by atoms with Crippen molar-refractivity contribution in [3.8, 4) is 5.75 Å². The van der Waals surface area contributed by atoms with Crippen molar-refractivity contribution >= 4 is 5.78 Å². The molecular weight excluding hydrogens is 256 g/mol. The second-order valence-corrected chi connectivity index (χ2v) is 5.00. The van der Waals surface area contributed by atoms with Crippen LogP contribution in [0.1, 0.15) is 25.3 Å². The van der Waals surface area contributed by atoms with Gasteiger partial charge in [0.2, 0.25) is 0 Å². The highest BCUT2D eigenvalue weighted by Gasteiger charge is 2.42. The van der Waals surface area contributed by atoms with Crippen molar-refractivity contribution in [1.82, 2.24) is 0 Å². The highest BCUT2D eigenvalue weighted by Crippen LogP contribution is 2.26. The monoisotopic (exact) mass is 278 g/mol. The topological polar surface area (TPSA) is 44.8 Å². The zero-order valence-corrected chi connectivity index (χ0v) is 12.1. The van der Waals surface area contributed by atoms with E-state index in [0.717, 1.165) is 18.6 Å². The summed E-state index contributed by atoms with van der Waals surface area (Å²) < 4.78 is 16.2. The Balaban J connectivity index is 1.84. The fourth-order valence-corrected chi connectivity index (χ4v) is 2.23. The molecule has 2 rings (SSSR count). The fraction of sp³-hybridized carbons (Fsp3) is 0.562. The molecular formula is C16H22O4. The molecule has 0 aliphatic heterocycles. The number of ketones is 1. The molecule has 1 aromatic rings. The summed E-state index contributed by atoms with van der Waals surface area (Å²) in [6, 6.07) is 8.06. The van der Waals surface area contributed by atoms with E-state index in [0.29, 0.717) is 19.6 Å². The lowest BCUT2D eigenvalue weighted by Gasteiger charge is -2.34. The average molecular weight is 278 g/mol. The number of ether oxygens (including phenoxy) is 3. The lowest BCUT2D eigenvalue weighted by atomic mass is 9.90. The second-order valence-electron chi connectivity index (χ2n) is 5.00. The first-order valence-electron chi connectivity index (χ1n) is 7.13. The quantitative estimate of drug-likeness (QED) is 0.685. The number of hydrogen-bond acceptors (Lipinski definition) is 4. The summed E-state index contributed by atoms with van der Waals surface area (Å²) in [5.74, 6) is 0.899. The van der Waals surface area contributed by atoms with E-state index in [1.54, 1.807) is 7.11 Å². The first-order chi connectivity index (χ1) is 9.74. The van der Waals surface area contributed by atoms with Gasteiger partial charge in [0, 0.05) is 13.5 Å². The summed E-state index contributed by atoms with van der Waals surface area (Å²) in [5, 5.41) is 0. The van der Waals surface area contributed by atoms with Gasteiger partial charge in [0.1, 0.15) is 11.9 Å². The second kappa shape index (κ2) is 7.41. The molecule has 0 amide bonds. The van der Waals surface area contributed by atoms with Crippen LogP contribution in [0.3, 0.4) is 0 Å². The van der Waals surface area contributed by atoms with Gasteiger partial charge in [-0.2, -0.15) is 0 Å². The maximum absolute atomic E-state index is 11.5. The van der Waals surface area contributed by atoms with Gasteiger partial charge in [-0.3, -0.25) is 4.79 Å². The summed E-state index contributed by atoms with van der Waals surface area (Å²) in [6.45, 7) is 3.07. The van der Waals surface area contributed by atoms with E-state index in [-0.39, 0.29) is 11.9 Å². The molecule has 0 heterocycles. The van der Waals surface area contributed by atoms with Gasteiger partial charge in [-0.25, -0.2) is 0 Å². The molecule has 4 heteroatoms. The SMILES string of the molecule is CCCc1ccc(OC2CC(=O)C2OCCOC)cc1. The molecule has 1 aromatic carbocycles. The molecule has 0 spiro atoms. The average Bonchev–Trinajstić information content (AvgIpc) is 2.45. The zero-order chi connectivity index (χ0) is 14.4. The van der Waals surface area contributed by atoms with Gasteiger partial charge >= 0.3 is 0 Å². The molecule has 1 aliphatic carbocycles. The molecule has 0 bridgehead atoms. The summed E-state index contributed by atoms with van der Waals surface area (Å²) in [5.41, 5.74) is 1.30. The number of benzene rings is 1. The minimum absolute atomic E-state index is 0.105. The third-order valence-electron chi connectivity index (χ3n) is 3.39.